The fourth-order valence-electron chi connectivity index (χ4n) is 3.06. The molecule has 0 aliphatic heterocycles. The van der Waals surface area contributed by atoms with Crippen molar-refractivity contribution < 1.29 is 0 Å². The minimum Gasteiger partial charge on any atom is -0.330 e. The van der Waals surface area contributed by atoms with Crippen molar-refractivity contribution in [3.8, 4) is 0 Å². The molecule has 0 bridgehead atoms. The Morgan fingerprint density at radius 2 is 2.14 bits per heavy atom. The zero-order chi connectivity index (χ0) is 10.9. The van der Waals surface area contributed by atoms with Gasteiger partial charge in [0, 0.05) is 0 Å². The summed E-state index contributed by atoms with van der Waals surface area (Å²) in [7, 11) is 0. The lowest BCUT2D eigenvalue weighted by Gasteiger charge is -2.20. The summed E-state index contributed by atoms with van der Waals surface area (Å²) in [6.45, 7) is 13.6. The summed E-state index contributed by atoms with van der Waals surface area (Å²) >= 11 is 0. The van der Waals surface area contributed by atoms with Gasteiger partial charge in [0.2, 0.25) is 0 Å². The third kappa shape index (κ3) is 1.94. The van der Waals surface area contributed by atoms with Crippen molar-refractivity contribution in [2.24, 2.45) is 34.8 Å². The van der Waals surface area contributed by atoms with Gasteiger partial charge in [-0.1, -0.05) is 34.3 Å². The Morgan fingerprint density at radius 3 is 2.57 bits per heavy atom. The number of nitrogens with two attached hydrogens (primary N) is 1. The molecule has 1 aliphatic carbocycles. The summed E-state index contributed by atoms with van der Waals surface area (Å²) in [5.74, 6) is 3.00. The Balaban J connectivity index is 2.70. The molecule has 0 amide bonds. The molecule has 80 valence electrons. The second-order valence-electron chi connectivity index (χ2n) is 5.35. The van der Waals surface area contributed by atoms with Gasteiger partial charge in [0.15, 0.2) is 0 Å². The summed E-state index contributed by atoms with van der Waals surface area (Å²) in [6, 6.07) is 0. The Morgan fingerprint density at radius 1 is 1.57 bits per heavy atom. The second kappa shape index (κ2) is 3.92. The number of rotatable bonds is 4. The first-order valence-corrected chi connectivity index (χ1v) is 5.52. The molecule has 1 heteroatoms. The van der Waals surface area contributed by atoms with Crippen LogP contribution in [0.15, 0.2) is 18.4 Å². The van der Waals surface area contributed by atoms with E-state index in [2.05, 4.69) is 46.1 Å². The van der Waals surface area contributed by atoms with E-state index in [4.69, 9.17) is 5.73 Å². The molecular formula is C13H23N. The molecule has 0 aromatic carbocycles. The van der Waals surface area contributed by atoms with E-state index in [1.165, 1.54) is 0 Å². The summed E-state index contributed by atoms with van der Waals surface area (Å²) in [5, 5.41) is 0. The molecule has 0 spiro atoms. The molecule has 0 aromatic heterocycles. The Bertz CT molecular complexity index is 248. The van der Waals surface area contributed by atoms with Crippen LogP contribution in [0.25, 0.3) is 0 Å². The van der Waals surface area contributed by atoms with Crippen molar-refractivity contribution in [1.29, 1.82) is 0 Å². The van der Waals surface area contributed by atoms with E-state index < -0.39 is 0 Å². The highest BCUT2D eigenvalue weighted by molar-refractivity contribution is 5.10. The summed E-state index contributed by atoms with van der Waals surface area (Å²) < 4.78 is 0. The topological polar surface area (TPSA) is 26.0 Å². The van der Waals surface area contributed by atoms with Crippen LogP contribution < -0.4 is 5.73 Å². The van der Waals surface area contributed by atoms with Crippen LogP contribution in [-0.4, -0.2) is 6.54 Å². The highest BCUT2D eigenvalue weighted by Gasteiger charge is 2.55. The summed E-state index contributed by atoms with van der Waals surface area (Å²) in [5.41, 5.74) is 8.87. The van der Waals surface area contributed by atoms with Crippen molar-refractivity contribution in [1.82, 2.24) is 0 Å². The molecular weight excluding hydrogens is 170 g/mol. The lowest BCUT2D eigenvalue weighted by atomic mass is 9.84. The van der Waals surface area contributed by atoms with E-state index >= 15 is 0 Å². The van der Waals surface area contributed by atoms with Crippen LogP contribution in [0, 0.1) is 29.1 Å². The van der Waals surface area contributed by atoms with Gasteiger partial charge in [-0.15, -0.1) is 5.73 Å². The van der Waals surface area contributed by atoms with Gasteiger partial charge >= 0.3 is 0 Å². The maximum absolute atomic E-state index is 5.72. The van der Waals surface area contributed by atoms with Gasteiger partial charge in [0.1, 0.15) is 0 Å². The Labute approximate surface area is 88.1 Å². The lowest BCUT2D eigenvalue weighted by Crippen LogP contribution is -2.18. The van der Waals surface area contributed by atoms with Crippen molar-refractivity contribution in [3.05, 3.63) is 18.4 Å². The average molecular weight is 193 g/mol. The van der Waals surface area contributed by atoms with Crippen molar-refractivity contribution in [3.63, 3.8) is 0 Å². The van der Waals surface area contributed by atoms with E-state index in [1.54, 1.807) is 0 Å². The Hall–Kier alpha value is -0.520. The molecule has 4 atom stereocenters. The third-order valence-corrected chi connectivity index (χ3v) is 3.81. The van der Waals surface area contributed by atoms with Crippen molar-refractivity contribution in [2.75, 3.05) is 6.54 Å². The van der Waals surface area contributed by atoms with Crippen LogP contribution >= 0.6 is 0 Å². The standard InChI is InChI=1S/C13H23N/c1-6-7-13(4,5)12-10(3)11(12)9(2)8-14/h7,9-12H,1,8,14H2,2-5H3. The highest BCUT2D eigenvalue weighted by atomic mass is 14.6. The summed E-state index contributed by atoms with van der Waals surface area (Å²) in [4.78, 5) is 0. The van der Waals surface area contributed by atoms with Crippen LogP contribution in [0.3, 0.4) is 0 Å². The molecule has 1 nitrogen and oxygen atoms in total. The van der Waals surface area contributed by atoms with Crippen LogP contribution in [0.1, 0.15) is 27.7 Å². The molecule has 1 fully saturated rings. The van der Waals surface area contributed by atoms with Gasteiger partial charge in [-0.05, 0) is 41.7 Å². The molecule has 0 saturated heterocycles. The maximum atomic E-state index is 5.72. The van der Waals surface area contributed by atoms with Gasteiger partial charge in [-0.3, -0.25) is 0 Å². The van der Waals surface area contributed by atoms with Crippen LogP contribution in [0.5, 0.6) is 0 Å². The quantitative estimate of drug-likeness (QED) is 0.683. The zero-order valence-electron chi connectivity index (χ0n) is 9.88. The third-order valence-electron chi connectivity index (χ3n) is 3.81. The number of hydrogen-bond donors (Lipinski definition) is 1. The molecule has 0 radical (unpaired) electrons. The SMILES string of the molecule is C=C=CC(C)(C)C1C(C)C1C(C)CN. The van der Waals surface area contributed by atoms with Gasteiger partial charge in [0.05, 0.1) is 0 Å². The van der Waals surface area contributed by atoms with Crippen LogP contribution in [-0.2, 0) is 0 Å². The highest BCUT2D eigenvalue weighted by Crippen LogP contribution is 2.59. The fourth-order valence-corrected chi connectivity index (χ4v) is 3.06. The van der Waals surface area contributed by atoms with E-state index in [-0.39, 0.29) is 5.41 Å². The fraction of sp³-hybridized carbons (Fsp3) is 0.769. The molecule has 2 N–H and O–H groups in total. The van der Waals surface area contributed by atoms with Gasteiger partial charge in [-0.25, -0.2) is 0 Å². The van der Waals surface area contributed by atoms with Crippen LogP contribution in [0.4, 0.5) is 0 Å². The molecule has 1 rings (SSSR count). The van der Waals surface area contributed by atoms with Gasteiger partial charge in [-0.2, -0.15) is 0 Å². The monoisotopic (exact) mass is 193 g/mol. The largest absolute Gasteiger partial charge is 0.330 e. The maximum Gasteiger partial charge on any atom is -0.00486 e. The van der Waals surface area contributed by atoms with E-state index in [0.29, 0.717) is 5.92 Å². The Kier molecular flexibility index (Phi) is 3.24. The minimum absolute atomic E-state index is 0.231. The predicted molar refractivity (Wildman–Crippen MR) is 61.9 cm³/mol. The van der Waals surface area contributed by atoms with E-state index in [0.717, 1.165) is 24.3 Å². The predicted octanol–water partition coefficient (Wildman–Crippen LogP) is 2.83. The van der Waals surface area contributed by atoms with Crippen LogP contribution in [0.2, 0.25) is 0 Å². The smallest absolute Gasteiger partial charge is 0.00486 e. The first kappa shape index (κ1) is 11.6. The number of hydrogen-bond acceptors (Lipinski definition) is 1. The zero-order valence-corrected chi connectivity index (χ0v) is 9.88. The minimum atomic E-state index is 0.231. The lowest BCUT2D eigenvalue weighted by molar-refractivity contribution is 0.346. The molecule has 1 saturated carbocycles. The number of allylic oxidation sites excluding steroid dienone is 1. The van der Waals surface area contributed by atoms with Gasteiger partial charge in [0.25, 0.3) is 0 Å². The normalized spacial score (nSPS) is 33.4. The van der Waals surface area contributed by atoms with Crippen molar-refractivity contribution >= 4 is 0 Å². The second-order valence-corrected chi connectivity index (χ2v) is 5.35. The van der Waals surface area contributed by atoms with E-state index in [1.807, 2.05) is 0 Å². The van der Waals surface area contributed by atoms with Gasteiger partial charge < -0.3 is 5.73 Å². The summed E-state index contributed by atoms with van der Waals surface area (Å²) in [6.07, 6.45) is 2.11. The molecule has 0 aromatic rings. The molecule has 4 unspecified atom stereocenters. The van der Waals surface area contributed by atoms with E-state index in [9.17, 15) is 0 Å². The molecule has 14 heavy (non-hydrogen) atoms. The first-order chi connectivity index (χ1) is 6.45. The molecule has 0 heterocycles. The molecule has 1 aliphatic rings. The van der Waals surface area contributed by atoms with Crippen molar-refractivity contribution in [2.45, 2.75) is 27.7 Å². The first-order valence-electron chi connectivity index (χ1n) is 5.52. The average Bonchev–Trinajstić information content (AvgIpc) is 2.77.